The van der Waals surface area contributed by atoms with Crippen LogP contribution >= 0.6 is 15.9 Å². The number of fused-ring (bicyclic) bond motifs is 1. The predicted octanol–water partition coefficient (Wildman–Crippen LogP) is 4.06. The lowest BCUT2D eigenvalue weighted by Gasteiger charge is -2.19. The van der Waals surface area contributed by atoms with Gasteiger partial charge in [0.05, 0.1) is 11.0 Å². The molecule has 1 N–H and O–H groups in total. The second-order valence-corrected chi connectivity index (χ2v) is 7.06. The standard InChI is InChI=1S/C19H15BrF3N3O2/c1-11(17(27)24-10-12-5-4-6-13(20)9-12)26-15-8-3-2-7-14(15)25-16(18(26)28)19(21,22)23/h2-9,11H,10H2,1H3,(H,24,27). The number of carbonyl (C=O) groups is 1. The fourth-order valence-electron chi connectivity index (χ4n) is 2.82. The Balaban J connectivity index is 1.98. The van der Waals surface area contributed by atoms with E-state index in [1.807, 2.05) is 6.07 Å². The zero-order chi connectivity index (χ0) is 20.5. The van der Waals surface area contributed by atoms with E-state index in [1.165, 1.54) is 25.1 Å². The monoisotopic (exact) mass is 453 g/mol. The molecule has 0 saturated carbocycles. The highest BCUT2D eigenvalue weighted by Gasteiger charge is 2.38. The van der Waals surface area contributed by atoms with Gasteiger partial charge >= 0.3 is 6.18 Å². The van der Waals surface area contributed by atoms with Gasteiger partial charge in [0.1, 0.15) is 6.04 Å². The number of carbonyl (C=O) groups excluding carboxylic acids is 1. The van der Waals surface area contributed by atoms with Gasteiger partial charge in [-0.2, -0.15) is 13.2 Å². The van der Waals surface area contributed by atoms with Crippen molar-refractivity contribution in [2.24, 2.45) is 0 Å². The van der Waals surface area contributed by atoms with Crippen molar-refractivity contribution in [3.05, 3.63) is 74.6 Å². The first-order valence-electron chi connectivity index (χ1n) is 8.29. The van der Waals surface area contributed by atoms with Crippen molar-refractivity contribution in [2.45, 2.75) is 25.7 Å². The molecule has 2 aromatic carbocycles. The molecule has 28 heavy (non-hydrogen) atoms. The number of rotatable bonds is 4. The molecule has 1 unspecified atom stereocenters. The maximum Gasteiger partial charge on any atom is 0.438 e. The maximum absolute atomic E-state index is 13.2. The molecule has 1 heterocycles. The van der Waals surface area contributed by atoms with Crippen LogP contribution in [0.3, 0.4) is 0 Å². The van der Waals surface area contributed by atoms with Crippen molar-refractivity contribution >= 4 is 32.9 Å². The van der Waals surface area contributed by atoms with Crippen LogP contribution in [0, 0.1) is 0 Å². The van der Waals surface area contributed by atoms with E-state index < -0.39 is 29.4 Å². The Morgan fingerprint density at radius 3 is 2.61 bits per heavy atom. The van der Waals surface area contributed by atoms with Gasteiger partial charge in [-0.05, 0) is 36.8 Å². The molecule has 0 aliphatic heterocycles. The highest BCUT2D eigenvalue weighted by Crippen LogP contribution is 2.27. The minimum absolute atomic E-state index is 0.0129. The van der Waals surface area contributed by atoms with Crippen molar-refractivity contribution in [1.29, 1.82) is 0 Å². The highest BCUT2D eigenvalue weighted by molar-refractivity contribution is 9.10. The van der Waals surface area contributed by atoms with E-state index in [0.29, 0.717) is 0 Å². The summed E-state index contributed by atoms with van der Waals surface area (Å²) in [5.41, 5.74) is -1.95. The van der Waals surface area contributed by atoms with E-state index in [0.717, 1.165) is 14.6 Å². The van der Waals surface area contributed by atoms with E-state index in [9.17, 15) is 22.8 Å². The van der Waals surface area contributed by atoms with Crippen LogP contribution in [0.2, 0.25) is 0 Å². The molecular formula is C19H15BrF3N3O2. The molecule has 146 valence electrons. The number of para-hydroxylation sites is 2. The molecule has 0 bridgehead atoms. The van der Waals surface area contributed by atoms with Crippen LogP contribution in [0.25, 0.3) is 11.0 Å². The lowest BCUT2D eigenvalue weighted by atomic mass is 10.2. The Bertz CT molecular complexity index is 1100. The second kappa shape index (κ2) is 7.75. The number of halogens is 4. The first kappa shape index (κ1) is 20.1. The zero-order valence-corrected chi connectivity index (χ0v) is 16.2. The normalized spacial score (nSPS) is 12.8. The Labute approximate surface area is 166 Å². The Kier molecular flexibility index (Phi) is 5.55. The summed E-state index contributed by atoms with van der Waals surface area (Å²) >= 11 is 3.33. The first-order valence-corrected chi connectivity index (χ1v) is 9.08. The molecule has 0 radical (unpaired) electrons. The molecule has 1 amide bonds. The van der Waals surface area contributed by atoms with E-state index in [1.54, 1.807) is 24.3 Å². The Hall–Kier alpha value is -2.68. The lowest BCUT2D eigenvalue weighted by molar-refractivity contribution is -0.142. The van der Waals surface area contributed by atoms with Crippen molar-refractivity contribution < 1.29 is 18.0 Å². The number of nitrogens with zero attached hydrogens (tertiary/aromatic N) is 2. The molecule has 0 aliphatic rings. The van der Waals surface area contributed by atoms with Crippen LogP contribution < -0.4 is 10.9 Å². The number of alkyl halides is 3. The van der Waals surface area contributed by atoms with Gasteiger partial charge in [0.15, 0.2) is 0 Å². The minimum Gasteiger partial charge on any atom is -0.350 e. The predicted molar refractivity (Wildman–Crippen MR) is 102 cm³/mol. The third-order valence-electron chi connectivity index (χ3n) is 4.19. The van der Waals surface area contributed by atoms with Crippen molar-refractivity contribution in [3.8, 4) is 0 Å². The quantitative estimate of drug-likeness (QED) is 0.647. The van der Waals surface area contributed by atoms with Crippen molar-refractivity contribution in [2.75, 3.05) is 0 Å². The third kappa shape index (κ3) is 4.09. The lowest BCUT2D eigenvalue weighted by Crippen LogP contribution is -2.38. The van der Waals surface area contributed by atoms with Gasteiger partial charge in [0.25, 0.3) is 5.56 Å². The molecule has 1 aromatic heterocycles. The fraction of sp³-hybridized carbons (Fsp3) is 0.211. The number of nitrogens with one attached hydrogen (secondary N) is 1. The summed E-state index contributed by atoms with van der Waals surface area (Å²) in [4.78, 5) is 28.5. The van der Waals surface area contributed by atoms with Crippen LogP contribution in [0.4, 0.5) is 13.2 Å². The summed E-state index contributed by atoms with van der Waals surface area (Å²) in [5.74, 6) is -0.577. The fourth-order valence-corrected chi connectivity index (χ4v) is 3.27. The maximum atomic E-state index is 13.2. The van der Waals surface area contributed by atoms with Gasteiger partial charge in [0.2, 0.25) is 11.6 Å². The summed E-state index contributed by atoms with van der Waals surface area (Å²) in [5, 5.41) is 2.65. The number of hydrogen-bond acceptors (Lipinski definition) is 3. The van der Waals surface area contributed by atoms with Gasteiger partial charge in [-0.3, -0.25) is 14.2 Å². The summed E-state index contributed by atoms with van der Waals surface area (Å²) in [6.45, 7) is 1.55. The minimum atomic E-state index is -4.92. The number of amides is 1. The highest BCUT2D eigenvalue weighted by atomic mass is 79.9. The van der Waals surface area contributed by atoms with Gasteiger partial charge in [-0.25, -0.2) is 4.98 Å². The van der Waals surface area contributed by atoms with Gasteiger partial charge in [-0.15, -0.1) is 0 Å². The van der Waals surface area contributed by atoms with Crippen LogP contribution in [0.15, 0.2) is 57.8 Å². The Morgan fingerprint density at radius 1 is 1.21 bits per heavy atom. The number of hydrogen-bond donors (Lipinski definition) is 1. The summed E-state index contributed by atoms with van der Waals surface area (Å²) in [6, 6.07) is 12.0. The number of benzene rings is 2. The van der Waals surface area contributed by atoms with Gasteiger partial charge in [-0.1, -0.05) is 40.2 Å². The zero-order valence-electron chi connectivity index (χ0n) is 14.6. The van der Waals surface area contributed by atoms with E-state index in [-0.39, 0.29) is 17.6 Å². The molecule has 1 atom stereocenters. The average Bonchev–Trinajstić information content (AvgIpc) is 2.64. The molecule has 0 saturated heterocycles. The van der Waals surface area contributed by atoms with E-state index in [4.69, 9.17) is 0 Å². The van der Waals surface area contributed by atoms with E-state index >= 15 is 0 Å². The van der Waals surface area contributed by atoms with Crippen molar-refractivity contribution in [3.63, 3.8) is 0 Å². The molecule has 5 nitrogen and oxygen atoms in total. The van der Waals surface area contributed by atoms with Gasteiger partial charge < -0.3 is 5.32 Å². The average molecular weight is 454 g/mol. The summed E-state index contributed by atoms with van der Waals surface area (Å²) in [7, 11) is 0. The molecule has 0 spiro atoms. The van der Waals surface area contributed by atoms with Crippen LogP contribution in [-0.4, -0.2) is 15.5 Å². The summed E-state index contributed by atoms with van der Waals surface area (Å²) < 4.78 is 41.4. The van der Waals surface area contributed by atoms with E-state index in [2.05, 4.69) is 26.2 Å². The molecule has 9 heteroatoms. The Morgan fingerprint density at radius 2 is 1.93 bits per heavy atom. The van der Waals surface area contributed by atoms with Crippen LogP contribution in [0.5, 0.6) is 0 Å². The molecule has 0 fully saturated rings. The second-order valence-electron chi connectivity index (χ2n) is 6.15. The summed E-state index contributed by atoms with van der Waals surface area (Å²) in [6.07, 6.45) is -4.92. The topological polar surface area (TPSA) is 64.0 Å². The smallest absolute Gasteiger partial charge is 0.350 e. The van der Waals surface area contributed by atoms with Crippen LogP contribution in [0.1, 0.15) is 24.2 Å². The van der Waals surface area contributed by atoms with Crippen molar-refractivity contribution in [1.82, 2.24) is 14.9 Å². The molecule has 3 rings (SSSR count). The molecule has 3 aromatic rings. The SMILES string of the molecule is CC(C(=O)NCc1cccc(Br)c1)n1c(=O)c(C(F)(F)F)nc2ccccc21. The van der Waals surface area contributed by atoms with Crippen LogP contribution in [-0.2, 0) is 17.5 Å². The third-order valence-corrected chi connectivity index (χ3v) is 4.68. The largest absolute Gasteiger partial charge is 0.438 e. The van der Waals surface area contributed by atoms with Gasteiger partial charge in [0, 0.05) is 11.0 Å². The molecule has 0 aliphatic carbocycles. The first-order chi connectivity index (χ1) is 13.2. The number of aromatic nitrogens is 2. The molecular weight excluding hydrogens is 439 g/mol.